The van der Waals surface area contributed by atoms with Crippen LogP contribution in [0.1, 0.15) is 26.2 Å². The molecule has 1 aromatic carbocycles. The van der Waals surface area contributed by atoms with Crippen molar-refractivity contribution in [1.29, 1.82) is 0 Å². The largest absolute Gasteiger partial charge is 0.332 e. The normalized spacial score (nSPS) is 10.2. The van der Waals surface area contributed by atoms with Crippen LogP contribution < -0.4 is 10.6 Å². The molecule has 0 fully saturated rings. The molecule has 0 aliphatic rings. The summed E-state index contributed by atoms with van der Waals surface area (Å²) in [5.74, 6) is -0.0530. The Balaban J connectivity index is 2.05. The van der Waals surface area contributed by atoms with Gasteiger partial charge >= 0.3 is 0 Å². The molecule has 2 aromatic rings. The molecule has 1 heterocycles. The first-order chi connectivity index (χ1) is 9.70. The molecule has 0 aliphatic heterocycles. The number of nitrogens with one attached hydrogen (secondary N) is 2. The number of aromatic nitrogens is 1. The van der Waals surface area contributed by atoms with Crippen molar-refractivity contribution in [2.75, 3.05) is 5.32 Å². The van der Waals surface area contributed by atoms with E-state index in [4.69, 9.17) is 12.2 Å². The van der Waals surface area contributed by atoms with Crippen LogP contribution in [0.25, 0.3) is 10.9 Å². The number of fused-ring (bicyclic) bond motifs is 1. The van der Waals surface area contributed by atoms with Gasteiger partial charge in [0.1, 0.15) is 0 Å². The summed E-state index contributed by atoms with van der Waals surface area (Å²) in [6.07, 6.45) is 4.10. The third-order valence-electron chi connectivity index (χ3n) is 2.90. The summed E-state index contributed by atoms with van der Waals surface area (Å²) in [4.78, 5) is 15.9. The highest BCUT2D eigenvalue weighted by atomic mass is 32.1. The number of thiocarbonyl (C=S) groups is 1. The van der Waals surface area contributed by atoms with E-state index in [1.165, 1.54) is 0 Å². The van der Waals surface area contributed by atoms with Crippen molar-refractivity contribution in [3.63, 3.8) is 0 Å². The average Bonchev–Trinajstić information content (AvgIpc) is 2.45. The van der Waals surface area contributed by atoms with Crippen LogP contribution in [0.15, 0.2) is 36.5 Å². The maximum absolute atomic E-state index is 11.6. The molecule has 0 aliphatic carbocycles. The molecule has 0 saturated carbocycles. The molecule has 0 radical (unpaired) electrons. The Morgan fingerprint density at radius 2 is 2.15 bits per heavy atom. The lowest BCUT2D eigenvalue weighted by atomic mass is 10.2. The summed E-state index contributed by atoms with van der Waals surface area (Å²) < 4.78 is 0. The summed E-state index contributed by atoms with van der Waals surface area (Å²) in [7, 11) is 0. The van der Waals surface area contributed by atoms with Crippen molar-refractivity contribution in [3.05, 3.63) is 36.5 Å². The molecule has 0 spiro atoms. The third-order valence-corrected chi connectivity index (χ3v) is 3.11. The molecule has 2 N–H and O–H groups in total. The minimum absolute atomic E-state index is 0.0530. The third kappa shape index (κ3) is 3.74. The number of pyridine rings is 1. The first kappa shape index (κ1) is 14.4. The van der Waals surface area contributed by atoms with Gasteiger partial charge in [-0.1, -0.05) is 19.4 Å². The van der Waals surface area contributed by atoms with Crippen LogP contribution in [0.4, 0.5) is 5.69 Å². The van der Waals surface area contributed by atoms with E-state index in [9.17, 15) is 4.79 Å². The number of benzene rings is 1. The molecule has 2 rings (SSSR count). The highest BCUT2D eigenvalue weighted by molar-refractivity contribution is 7.80. The van der Waals surface area contributed by atoms with Crippen LogP contribution in [0.5, 0.6) is 0 Å². The van der Waals surface area contributed by atoms with E-state index in [1.807, 2.05) is 37.3 Å². The zero-order valence-electron chi connectivity index (χ0n) is 11.3. The van der Waals surface area contributed by atoms with Crippen molar-refractivity contribution in [2.45, 2.75) is 26.2 Å². The SMILES string of the molecule is CCCCC(=O)NC(=S)Nc1cccc2ncccc12. The van der Waals surface area contributed by atoms with Crippen molar-refractivity contribution in [1.82, 2.24) is 10.3 Å². The van der Waals surface area contributed by atoms with Crippen LogP contribution in [0.3, 0.4) is 0 Å². The molecule has 4 nitrogen and oxygen atoms in total. The first-order valence-corrected chi connectivity index (χ1v) is 7.06. The monoisotopic (exact) mass is 287 g/mol. The molecular formula is C15H17N3OS. The number of amides is 1. The second-order valence-corrected chi connectivity index (χ2v) is 4.89. The summed E-state index contributed by atoms with van der Waals surface area (Å²) in [6.45, 7) is 2.05. The first-order valence-electron chi connectivity index (χ1n) is 6.65. The van der Waals surface area contributed by atoms with Gasteiger partial charge in [0.05, 0.1) is 5.52 Å². The Bertz CT molecular complexity index is 622. The lowest BCUT2D eigenvalue weighted by Crippen LogP contribution is -2.33. The Morgan fingerprint density at radius 1 is 1.30 bits per heavy atom. The van der Waals surface area contributed by atoms with Crippen molar-refractivity contribution in [3.8, 4) is 0 Å². The van der Waals surface area contributed by atoms with Gasteiger partial charge in [0, 0.05) is 23.7 Å². The van der Waals surface area contributed by atoms with Crippen LogP contribution in [0, 0.1) is 0 Å². The fourth-order valence-electron chi connectivity index (χ4n) is 1.89. The summed E-state index contributed by atoms with van der Waals surface area (Å²) >= 11 is 5.16. The fourth-order valence-corrected chi connectivity index (χ4v) is 2.12. The minimum atomic E-state index is -0.0530. The van der Waals surface area contributed by atoms with Crippen LogP contribution >= 0.6 is 12.2 Å². The molecule has 0 unspecified atom stereocenters. The van der Waals surface area contributed by atoms with E-state index < -0.39 is 0 Å². The van der Waals surface area contributed by atoms with Gasteiger partial charge in [-0.15, -0.1) is 0 Å². The number of hydrogen-bond acceptors (Lipinski definition) is 3. The lowest BCUT2D eigenvalue weighted by molar-refractivity contribution is -0.119. The second-order valence-electron chi connectivity index (χ2n) is 4.48. The number of unbranched alkanes of at least 4 members (excludes halogenated alkanes) is 1. The van der Waals surface area contributed by atoms with Crippen molar-refractivity contribution in [2.24, 2.45) is 0 Å². The standard InChI is InChI=1S/C15H17N3OS/c1-2-3-9-14(19)18-15(20)17-13-8-4-7-12-11(13)6-5-10-16-12/h4-8,10H,2-3,9H2,1H3,(H2,17,18,19,20). The van der Waals surface area contributed by atoms with Gasteiger partial charge in [0.2, 0.25) is 5.91 Å². The minimum Gasteiger partial charge on any atom is -0.332 e. The summed E-state index contributed by atoms with van der Waals surface area (Å²) in [5.41, 5.74) is 1.73. The summed E-state index contributed by atoms with van der Waals surface area (Å²) in [6, 6.07) is 9.58. The van der Waals surface area contributed by atoms with E-state index in [2.05, 4.69) is 15.6 Å². The van der Waals surface area contributed by atoms with E-state index in [0.717, 1.165) is 29.4 Å². The van der Waals surface area contributed by atoms with Gasteiger partial charge < -0.3 is 10.6 Å². The predicted octanol–water partition coefficient (Wildman–Crippen LogP) is 3.24. The molecule has 5 heteroatoms. The van der Waals surface area contributed by atoms with E-state index >= 15 is 0 Å². The zero-order chi connectivity index (χ0) is 14.4. The molecule has 0 bridgehead atoms. The topological polar surface area (TPSA) is 54.0 Å². The Labute approximate surface area is 123 Å². The molecule has 0 atom stereocenters. The molecule has 20 heavy (non-hydrogen) atoms. The van der Waals surface area contributed by atoms with Gasteiger partial charge in [-0.2, -0.15) is 0 Å². The number of anilines is 1. The highest BCUT2D eigenvalue weighted by Crippen LogP contribution is 2.20. The second kappa shape index (κ2) is 6.96. The van der Waals surface area contributed by atoms with Gasteiger partial charge in [-0.3, -0.25) is 9.78 Å². The van der Waals surface area contributed by atoms with E-state index in [0.29, 0.717) is 11.5 Å². The zero-order valence-corrected chi connectivity index (χ0v) is 12.2. The van der Waals surface area contributed by atoms with Crippen LogP contribution in [-0.2, 0) is 4.79 Å². The van der Waals surface area contributed by atoms with E-state index in [-0.39, 0.29) is 5.91 Å². The van der Waals surface area contributed by atoms with Gasteiger partial charge in [0.15, 0.2) is 5.11 Å². The van der Waals surface area contributed by atoms with Crippen molar-refractivity contribution < 1.29 is 4.79 Å². The van der Waals surface area contributed by atoms with Crippen LogP contribution in [-0.4, -0.2) is 16.0 Å². The average molecular weight is 287 g/mol. The molecule has 0 saturated heterocycles. The predicted molar refractivity (Wildman–Crippen MR) is 85.6 cm³/mol. The van der Waals surface area contributed by atoms with Crippen LogP contribution in [0.2, 0.25) is 0 Å². The summed E-state index contributed by atoms with van der Waals surface area (Å²) in [5, 5.41) is 7.03. The Hall–Kier alpha value is -2.01. The maximum atomic E-state index is 11.6. The number of carbonyl (C=O) groups excluding carboxylic acids is 1. The maximum Gasteiger partial charge on any atom is 0.226 e. The number of carbonyl (C=O) groups is 1. The Morgan fingerprint density at radius 3 is 2.95 bits per heavy atom. The smallest absolute Gasteiger partial charge is 0.226 e. The molecule has 1 aromatic heterocycles. The Kier molecular flexibility index (Phi) is 5.01. The molecular weight excluding hydrogens is 270 g/mol. The molecule has 1 amide bonds. The lowest BCUT2D eigenvalue weighted by Gasteiger charge is -2.11. The van der Waals surface area contributed by atoms with Gasteiger partial charge in [-0.05, 0) is 42.9 Å². The quantitative estimate of drug-likeness (QED) is 0.848. The number of rotatable bonds is 4. The van der Waals surface area contributed by atoms with Gasteiger partial charge in [0.25, 0.3) is 0 Å². The number of nitrogens with zero attached hydrogens (tertiary/aromatic N) is 1. The van der Waals surface area contributed by atoms with E-state index in [1.54, 1.807) is 6.20 Å². The van der Waals surface area contributed by atoms with Gasteiger partial charge in [-0.25, -0.2) is 0 Å². The fraction of sp³-hybridized carbons (Fsp3) is 0.267. The van der Waals surface area contributed by atoms with Crippen molar-refractivity contribution >= 4 is 39.8 Å². The molecule has 104 valence electrons. The highest BCUT2D eigenvalue weighted by Gasteiger charge is 2.06. The number of hydrogen-bond donors (Lipinski definition) is 2.